The molecule has 0 bridgehead atoms. The average Bonchev–Trinajstić information content (AvgIpc) is 3.14. The van der Waals surface area contributed by atoms with Crippen LogP contribution in [-0.4, -0.2) is 15.5 Å². The Hall–Kier alpha value is -2.67. The van der Waals surface area contributed by atoms with Gasteiger partial charge in [-0.15, -0.1) is 11.3 Å². The van der Waals surface area contributed by atoms with Crippen molar-refractivity contribution in [2.24, 2.45) is 0 Å². The first-order valence-electron chi connectivity index (χ1n) is 9.12. The Morgan fingerprint density at radius 1 is 1.13 bits per heavy atom. The van der Waals surface area contributed by atoms with Gasteiger partial charge in [-0.1, -0.05) is 41.4 Å². The van der Waals surface area contributed by atoms with Crippen LogP contribution in [0.3, 0.4) is 0 Å². The van der Waals surface area contributed by atoms with Crippen LogP contribution >= 0.6 is 34.5 Å². The molecule has 1 N–H and O–H groups in total. The third-order valence-corrected chi connectivity index (χ3v) is 6.35. The SMILES string of the molecule is Cc1ccc(-c2csc3ncn(CC(=O)Nc4cc(Cl)ccc4Cl)c(=O)c23)cc1C. The maximum absolute atomic E-state index is 13.1. The van der Waals surface area contributed by atoms with Gasteiger partial charge in [0.1, 0.15) is 11.4 Å². The lowest BCUT2D eigenvalue weighted by molar-refractivity contribution is -0.116. The molecule has 0 saturated carbocycles. The Labute approximate surface area is 186 Å². The first-order chi connectivity index (χ1) is 14.3. The van der Waals surface area contributed by atoms with E-state index in [4.69, 9.17) is 23.2 Å². The normalized spacial score (nSPS) is 11.1. The van der Waals surface area contributed by atoms with E-state index < -0.39 is 5.91 Å². The molecule has 0 saturated heterocycles. The van der Waals surface area contributed by atoms with E-state index in [1.165, 1.54) is 27.8 Å². The molecule has 152 valence electrons. The topological polar surface area (TPSA) is 64.0 Å². The van der Waals surface area contributed by atoms with Gasteiger partial charge in [0, 0.05) is 16.0 Å². The van der Waals surface area contributed by atoms with E-state index in [-0.39, 0.29) is 12.1 Å². The third-order valence-electron chi connectivity index (χ3n) is 4.90. The summed E-state index contributed by atoms with van der Waals surface area (Å²) in [7, 11) is 0. The smallest absolute Gasteiger partial charge is 0.263 e. The summed E-state index contributed by atoms with van der Waals surface area (Å²) >= 11 is 13.5. The molecule has 0 aliphatic rings. The molecule has 0 fully saturated rings. The number of fused-ring (bicyclic) bond motifs is 1. The number of hydrogen-bond acceptors (Lipinski definition) is 4. The van der Waals surface area contributed by atoms with Gasteiger partial charge in [-0.2, -0.15) is 0 Å². The van der Waals surface area contributed by atoms with Crippen molar-refractivity contribution in [1.82, 2.24) is 9.55 Å². The molecule has 0 aliphatic carbocycles. The summed E-state index contributed by atoms with van der Waals surface area (Å²) in [6.45, 7) is 3.90. The fourth-order valence-electron chi connectivity index (χ4n) is 3.14. The quantitative estimate of drug-likeness (QED) is 0.428. The van der Waals surface area contributed by atoms with E-state index in [0.717, 1.165) is 16.7 Å². The summed E-state index contributed by atoms with van der Waals surface area (Å²) in [5.41, 5.74) is 4.24. The molecule has 30 heavy (non-hydrogen) atoms. The number of anilines is 1. The van der Waals surface area contributed by atoms with Crippen molar-refractivity contribution in [3.8, 4) is 11.1 Å². The Morgan fingerprint density at radius 2 is 1.93 bits per heavy atom. The molecule has 8 heteroatoms. The van der Waals surface area contributed by atoms with Gasteiger partial charge in [0.2, 0.25) is 5.91 Å². The fourth-order valence-corrected chi connectivity index (χ4v) is 4.38. The number of nitrogens with one attached hydrogen (secondary N) is 1. The molecule has 5 nitrogen and oxygen atoms in total. The molecule has 1 amide bonds. The number of nitrogens with zero attached hydrogens (tertiary/aromatic N) is 2. The number of amides is 1. The third kappa shape index (κ3) is 3.99. The second-order valence-electron chi connectivity index (χ2n) is 6.98. The van der Waals surface area contributed by atoms with Gasteiger partial charge in [0.15, 0.2) is 0 Å². The maximum Gasteiger partial charge on any atom is 0.263 e. The van der Waals surface area contributed by atoms with Gasteiger partial charge in [0.05, 0.1) is 22.4 Å². The Morgan fingerprint density at radius 3 is 2.70 bits per heavy atom. The van der Waals surface area contributed by atoms with Crippen molar-refractivity contribution in [2.45, 2.75) is 20.4 Å². The number of rotatable bonds is 4. The van der Waals surface area contributed by atoms with Crippen LogP contribution in [0, 0.1) is 13.8 Å². The zero-order valence-electron chi connectivity index (χ0n) is 16.2. The van der Waals surface area contributed by atoms with Crippen LogP contribution in [0.25, 0.3) is 21.3 Å². The second-order valence-corrected chi connectivity index (χ2v) is 8.68. The van der Waals surface area contributed by atoms with Gasteiger partial charge < -0.3 is 5.32 Å². The maximum atomic E-state index is 13.1. The first-order valence-corrected chi connectivity index (χ1v) is 10.8. The number of carbonyl (C=O) groups is 1. The van der Waals surface area contributed by atoms with Crippen molar-refractivity contribution in [2.75, 3.05) is 5.32 Å². The second kappa shape index (κ2) is 8.22. The van der Waals surface area contributed by atoms with Crippen LogP contribution in [0.4, 0.5) is 5.69 Å². The summed E-state index contributed by atoms with van der Waals surface area (Å²) in [5.74, 6) is -0.398. The van der Waals surface area contributed by atoms with Crippen LogP contribution in [0.15, 0.2) is 52.9 Å². The average molecular weight is 458 g/mol. The van der Waals surface area contributed by atoms with Crippen molar-refractivity contribution < 1.29 is 4.79 Å². The van der Waals surface area contributed by atoms with E-state index >= 15 is 0 Å². The first kappa shape index (κ1) is 20.6. The lowest BCUT2D eigenvalue weighted by Gasteiger charge is -2.09. The predicted molar refractivity (Wildman–Crippen MR) is 124 cm³/mol. The highest BCUT2D eigenvalue weighted by Gasteiger charge is 2.16. The number of halogens is 2. The van der Waals surface area contributed by atoms with Crippen LogP contribution in [0.2, 0.25) is 10.0 Å². The number of benzene rings is 2. The minimum absolute atomic E-state index is 0.188. The summed E-state index contributed by atoms with van der Waals surface area (Å²) < 4.78 is 1.30. The van der Waals surface area contributed by atoms with Crippen molar-refractivity contribution in [3.63, 3.8) is 0 Å². The Balaban J connectivity index is 1.68. The van der Waals surface area contributed by atoms with Gasteiger partial charge in [-0.05, 0) is 48.7 Å². The fraction of sp³-hybridized carbons (Fsp3) is 0.136. The number of aryl methyl sites for hydroxylation is 2. The monoisotopic (exact) mass is 457 g/mol. The molecular formula is C22H17Cl2N3O2S. The Bertz CT molecular complexity index is 1340. The Kier molecular flexibility index (Phi) is 5.64. The molecule has 0 unspecified atom stereocenters. The molecule has 4 aromatic rings. The molecule has 0 atom stereocenters. The van der Waals surface area contributed by atoms with Gasteiger partial charge >= 0.3 is 0 Å². The lowest BCUT2D eigenvalue weighted by atomic mass is 10.0. The molecule has 2 aromatic carbocycles. The molecule has 2 aromatic heterocycles. The minimum atomic E-state index is -0.398. The van der Waals surface area contributed by atoms with Crippen LogP contribution in [-0.2, 0) is 11.3 Å². The van der Waals surface area contributed by atoms with Gasteiger partial charge in [-0.25, -0.2) is 4.98 Å². The number of hydrogen-bond donors (Lipinski definition) is 1. The molecule has 0 spiro atoms. The van der Waals surface area contributed by atoms with E-state index in [2.05, 4.69) is 16.4 Å². The van der Waals surface area contributed by atoms with Crippen LogP contribution in [0.5, 0.6) is 0 Å². The summed E-state index contributed by atoms with van der Waals surface area (Å²) in [4.78, 5) is 30.7. The molecular weight excluding hydrogens is 441 g/mol. The van der Waals surface area contributed by atoms with Gasteiger partial charge in [0.25, 0.3) is 5.56 Å². The summed E-state index contributed by atoms with van der Waals surface area (Å²) in [6, 6.07) is 10.9. The van der Waals surface area contributed by atoms with E-state index in [0.29, 0.717) is 25.9 Å². The molecule has 2 heterocycles. The van der Waals surface area contributed by atoms with Crippen molar-refractivity contribution in [1.29, 1.82) is 0 Å². The van der Waals surface area contributed by atoms with Crippen LogP contribution < -0.4 is 10.9 Å². The standard InChI is InChI=1S/C22H17Cl2N3O2S/c1-12-3-4-14(7-13(12)2)16-10-30-21-20(16)22(29)27(11-25-21)9-19(28)26-18-8-15(23)5-6-17(18)24/h3-8,10-11H,9H2,1-2H3,(H,26,28). The predicted octanol–water partition coefficient (Wildman–Crippen LogP) is 5.69. The highest BCUT2D eigenvalue weighted by molar-refractivity contribution is 7.17. The number of carbonyl (C=O) groups excluding carboxylic acids is 1. The van der Waals surface area contributed by atoms with Gasteiger partial charge in [-0.3, -0.25) is 14.2 Å². The highest BCUT2D eigenvalue weighted by atomic mass is 35.5. The van der Waals surface area contributed by atoms with E-state index in [9.17, 15) is 9.59 Å². The highest BCUT2D eigenvalue weighted by Crippen LogP contribution is 2.31. The molecule has 4 rings (SSSR count). The number of thiophene rings is 1. The van der Waals surface area contributed by atoms with Crippen molar-refractivity contribution >= 4 is 56.3 Å². The molecule has 0 radical (unpaired) electrons. The van der Waals surface area contributed by atoms with Crippen molar-refractivity contribution in [3.05, 3.63) is 79.6 Å². The number of aromatic nitrogens is 2. The van der Waals surface area contributed by atoms with Crippen LogP contribution in [0.1, 0.15) is 11.1 Å². The largest absolute Gasteiger partial charge is 0.323 e. The van der Waals surface area contributed by atoms with E-state index in [1.807, 2.05) is 31.4 Å². The zero-order valence-corrected chi connectivity index (χ0v) is 18.5. The minimum Gasteiger partial charge on any atom is -0.323 e. The summed E-state index contributed by atoms with van der Waals surface area (Å²) in [6.07, 6.45) is 1.39. The zero-order chi connectivity index (χ0) is 21.4. The van der Waals surface area contributed by atoms with E-state index in [1.54, 1.807) is 18.2 Å². The summed E-state index contributed by atoms with van der Waals surface area (Å²) in [5, 5.41) is 5.95. The molecule has 0 aliphatic heterocycles. The lowest BCUT2D eigenvalue weighted by Crippen LogP contribution is -2.27.